The van der Waals surface area contributed by atoms with Crippen molar-refractivity contribution in [3.63, 3.8) is 0 Å². The minimum atomic E-state index is -0.279. The molecule has 0 saturated carbocycles. The molecule has 0 aromatic heterocycles. The predicted octanol–water partition coefficient (Wildman–Crippen LogP) is 7.40. The molecule has 0 spiro atoms. The molecule has 0 heterocycles. The minimum absolute atomic E-state index is 0.279. The lowest BCUT2D eigenvalue weighted by molar-refractivity contribution is 0.397. The Labute approximate surface area is 211 Å². The summed E-state index contributed by atoms with van der Waals surface area (Å²) < 4.78 is 10.9. The van der Waals surface area contributed by atoms with Gasteiger partial charge in [-0.2, -0.15) is 0 Å². The molecule has 0 bridgehead atoms. The van der Waals surface area contributed by atoms with Crippen LogP contribution in [0.3, 0.4) is 0 Å². The molecule has 0 amide bonds. The van der Waals surface area contributed by atoms with Crippen molar-refractivity contribution in [3.8, 4) is 39.5 Å². The molecule has 188 valence electrons. The molecule has 0 aliphatic rings. The molecule has 0 fully saturated rings. The van der Waals surface area contributed by atoms with Crippen LogP contribution in [0.2, 0.25) is 0 Å². The van der Waals surface area contributed by atoms with Crippen LogP contribution in [0, 0.1) is 0 Å². The number of nitrogens with zero attached hydrogens (tertiary/aromatic N) is 1. The third kappa shape index (κ3) is 5.48. The highest BCUT2D eigenvalue weighted by atomic mass is 16.5. The third-order valence-electron chi connectivity index (χ3n) is 6.31. The van der Waals surface area contributed by atoms with Crippen molar-refractivity contribution in [2.24, 2.45) is 0 Å². The Hall–Kier alpha value is -2.98. The Kier molecular flexibility index (Phi) is 7.56. The first kappa shape index (κ1) is 26.6. The van der Waals surface area contributed by atoms with E-state index in [2.05, 4.69) is 84.8 Å². The number of benzene rings is 3. The van der Waals surface area contributed by atoms with Gasteiger partial charge in [-0.05, 0) is 77.0 Å². The third-order valence-corrected chi connectivity index (χ3v) is 6.31. The molecule has 35 heavy (non-hydrogen) atoms. The maximum atomic E-state index is 12.0. The Morgan fingerprint density at radius 2 is 1.00 bits per heavy atom. The second-order valence-electron chi connectivity index (χ2n) is 11.5. The zero-order chi connectivity index (χ0) is 26.1. The van der Waals surface area contributed by atoms with Crippen LogP contribution in [-0.2, 0) is 17.4 Å². The SMILES string of the molecule is COc1ccc(-c2c(CN(C)C)c(-c3ccc(OC)cc3)c(C(C)(C)C)c(O)c2C(C)(C)C)cc1. The van der Waals surface area contributed by atoms with Crippen LogP contribution in [0.4, 0.5) is 0 Å². The maximum absolute atomic E-state index is 12.0. The first-order chi connectivity index (χ1) is 16.3. The Balaban J connectivity index is 2.58. The number of methoxy groups -OCH3 is 2. The zero-order valence-electron chi connectivity index (χ0n) is 23.0. The van der Waals surface area contributed by atoms with Crippen molar-refractivity contribution in [2.45, 2.75) is 58.9 Å². The van der Waals surface area contributed by atoms with Gasteiger partial charge in [0.05, 0.1) is 14.2 Å². The quantitative estimate of drug-likeness (QED) is 0.403. The van der Waals surface area contributed by atoms with Crippen molar-refractivity contribution in [2.75, 3.05) is 28.3 Å². The average Bonchev–Trinajstić information content (AvgIpc) is 2.77. The fourth-order valence-electron chi connectivity index (χ4n) is 4.88. The molecule has 4 nitrogen and oxygen atoms in total. The first-order valence-corrected chi connectivity index (χ1v) is 12.2. The van der Waals surface area contributed by atoms with Gasteiger partial charge in [-0.15, -0.1) is 0 Å². The van der Waals surface area contributed by atoms with Gasteiger partial charge in [0, 0.05) is 17.7 Å². The lowest BCUT2D eigenvalue weighted by atomic mass is 9.70. The van der Waals surface area contributed by atoms with Crippen molar-refractivity contribution < 1.29 is 14.6 Å². The lowest BCUT2D eigenvalue weighted by Gasteiger charge is -2.35. The largest absolute Gasteiger partial charge is 0.507 e. The Bertz CT molecular complexity index is 1080. The summed E-state index contributed by atoms with van der Waals surface area (Å²) in [5, 5.41) is 12.0. The monoisotopic (exact) mass is 475 g/mol. The summed E-state index contributed by atoms with van der Waals surface area (Å²) in [5.41, 5.74) is 6.91. The molecule has 3 rings (SSSR count). The molecule has 3 aromatic carbocycles. The van der Waals surface area contributed by atoms with E-state index in [9.17, 15) is 5.11 Å². The molecule has 0 unspecified atom stereocenters. The van der Waals surface area contributed by atoms with Gasteiger partial charge in [-0.1, -0.05) is 65.8 Å². The molecule has 4 heteroatoms. The molecule has 0 atom stereocenters. The molecular weight excluding hydrogens is 434 g/mol. The number of phenolic OH excluding ortho intramolecular Hbond substituents is 1. The van der Waals surface area contributed by atoms with Crippen LogP contribution in [0.1, 0.15) is 58.2 Å². The fourth-order valence-corrected chi connectivity index (χ4v) is 4.88. The summed E-state index contributed by atoms with van der Waals surface area (Å²) in [7, 11) is 7.55. The zero-order valence-corrected chi connectivity index (χ0v) is 23.0. The van der Waals surface area contributed by atoms with Gasteiger partial charge in [-0.25, -0.2) is 0 Å². The van der Waals surface area contributed by atoms with E-state index in [1.54, 1.807) is 14.2 Å². The summed E-state index contributed by atoms with van der Waals surface area (Å²) in [5.74, 6) is 2.00. The summed E-state index contributed by atoms with van der Waals surface area (Å²) in [4.78, 5) is 2.20. The Morgan fingerprint density at radius 3 is 1.26 bits per heavy atom. The van der Waals surface area contributed by atoms with Crippen molar-refractivity contribution >= 4 is 0 Å². The standard InChI is InChI=1S/C31H41NO3/c1-30(2,3)27-25(20-11-15-22(34-9)16-12-20)24(19-32(7)8)26(28(29(27)33)31(4,5)6)21-13-17-23(35-10)18-14-21/h11-18,33H,19H2,1-10H3. The van der Waals surface area contributed by atoms with Gasteiger partial charge in [0.1, 0.15) is 17.2 Å². The maximum Gasteiger partial charge on any atom is 0.124 e. The summed E-state index contributed by atoms with van der Waals surface area (Å²) in [6.45, 7) is 13.8. The van der Waals surface area contributed by atoms with Gasteiger partial charge in [0.2, 0.25) is 0 Å². The number of aromatic hydroxyl groups is 1. The number of rotatable bonds is 6. The highest BCUT2D eigenvalue weighted by molar-refractivity contribution is 5.88. The van der Waals surface area contributed by atoms with E-state index in [1.165, 1.54) is 5.56 Å². The molecule has 3 aromatic rings. The smallest absolute Gasteiger partial charge is 0.124 e. The topological polar surface area (TPSA) is 41.9 Å². The predicted molar refractivity (Wildman–Crippen MR) is 147 cm³/mol. The van der Waals surface area contributed by atoms with E-state index >= 15 is 0 Å². The molecule has 0 aliphatic carbocycles. The minimum Gasteiger partial charge on any atom is -0.507 e. The van der Waals surface area contributed by atoms with E-state index in [1.807, 2.05) is 24.3 Å². The van der Waals surface area contributed by atoms with Crippen molar-refractivity contribution in [1.29, 1.82) is 0 Å². The normalized spacial score (nSPS) is 12.2. The molecule has 1 N–H and O–H groups in total. The van der Waals surface area contributed by atoms with E-state index in [0.29, 0.717) is 5.75 Å². The van der Waals surface area contributed by atoms with Gasteiger partial charge >= 0.3 is 0 Å². The van der Waals surface area contributed by atoms with Crippen LogP contribution in [0.15, 0.2) is 48.5 Å². The molecular formula is C31H41NO3. The van der Waals surface area contributed by atoms with E-state index in [4.69, 9.17) is 9.47 Å². The van der Waals surface area contributed by atoms with E-state index in [-0.39, 0.29) is 10.8 Å². The molecule has 0 aliphatic heterocycles. The van der Waals surface area contributed by atoms with Gasteiger partial charge in [0.15, 0.2) is 0 Å². The van der Waals surface area contributed by atoms with E-state index in [0.717, 1.165) is 51.4 Å². The van der Waals surface area contributed by atoms with E-state index < -0.39 is 0 Å². The summed E-state index contributed by atoms with van der Waals surface area (Å²) >= 11 is 0. The highest BCUT2D eigenvalue weighted by Crippen LogP contribution is 2.52. The number of hydrogen-bond acceptors (Lipinski definition) is 4. The van der Waals surface area contributed by atoms with Crippen LogP contribution >= 0.6 is 0 Å². The van der Waals surface area contributed by atoms with Gasteiger partial charge in [0.25, 0.3) is 0 Å². The van der Waals surface area contributed by atoms with Crippen LogP contribution in [-0.4, -0.2) is 38.3 Å². The summed E-state index contributed by atoms with van der Waals surface area (Å²) in [6.07, 6.45) is 0. The second-order valence-corrected chi connectivity index (χ2v) is 11.5. The highest BCUT2D eigenvalue weighted by Gasteiger charge is 2.35. The van der Waals surface area contributed by atoms with Gasteiger partial charge in [-0.3, -0.25) is 0 Å². The van der Waals surface area contributed by atoms with Crippen molar-refractivity contribution in [1.82, 2.24) is 4.90 Å². The van der Waals surface area contributed by atoms with Crippen molar-refractivity contribution in [3.05, 3.63) is 65.2 Å². The second kappa shape index (κ2) is 9.94. The number of phenols is 1. The van der Waals surface area contributed by atoms with Crippen LogP contribution < -0.4 is 9.47 Å². The van der Waals surface area contributed by atoms with Gasteiger partial charge < -0.3 is 19.5 Å². The number of ether oxygens (including phenoxy) is 2. The number of hydrogen-bond donors (Lipinski definition) is 1. The van der Waals surface area contributed by atoms with Crippen LogP contribution in [0.25, 0.3) is 22.3 Å². The van der Waals surface area contributed by atoms with Crippen LogP contribution in [0.5, 0.6) is 17.2 Å². The molecule has 0 saturated heterocycles. The first-order valence-electron chi connectivity index (χ1n) is 12.2. The lowest BCUT2D eigenvalue weighted by Crippen LogP contribution is -2.23. The summed E-state index contributed by atoms with van der Waals surface area (Å²) in [6, 6.07) is 16.3. The average molecular weight is 476 g/mol. The molecule has 0 radical (unpaired) electrons. The Morgan fingerprint density at radius 1 is 0.657 bits per heavy atom. The fraction of sp³-hybridized carbons (Fsp3) is 0.419.